The van der Waals surface area contributed by atoms with Gasteiger partial charge in [-0.3, -0.25) is 4.98 Å². The van der Waals surface area contributed by atoms with Gasteiger partial charge in [-0.15, -0.1) is 0 Å². The lowest BCUT2D eigenvalue weighted by Crippen LogP contribution is -2.41. The van der Waals surface area contributed by atoms with Gasteiger partial charge in [0, 0.05) is 30.3 Å². The molecule has 1 aromatic heterocycles. The molecular formula is C18H22N2. The van der Waals surface area contributed by atoms with Crippen molar-refractivity contribution >= 4 is 0 Å². The summed E-state index contributed by atoms with van der Waals surface area (Å²) < 4.78 is 0. The normalized spacial score (nSPS) is 18.2. The van der Waals surface area contributed by atoms with Gasteiger partial charge in [-0.1, -0.05) is 37.3 Å². The Balaban J connectivity index is 1.79. The van der Waals surface area contributed by atoms with Crippen LogP contribution in [0.3, 0.4) is 0 Å². The quantitative estimate of drug-likeness (QED) is 0.898. The maximum atomic E-state index is 4.56. The van der Waals surface area contributed by atoms with E-state index in [0.717, 1.165) is 13.0 Å². The van der Waals surface area contributed by atoms with Gasteiger partial charge >= 0.3 is 0 Å². The van der Waals surface area contributed by atoms with Crippen molar-refractivity contribution in [1.82, 2.24) is 10.3 Å². The molecule has 2 atom stereocenters. The Morgan fingerprint density at radius 3 is 2.85 bits per heavy atom. The summed E-state index contributed by atoms with van der Waals surface area (Å²) in [4.78, 5) is 4.56. The first-order valence-electron chi connectivity index (χ1n) is 7.51. The molecule has 3 rings (SSSR count). The van der Waals surface area contributed by atoms with Gasteiger partial charge in [0.1, 0.15) is 0 Å². The van der Waals surface area contributed by atoms with Crippen LogP contribution >= 0.6 is 0 Å². The van der Waals surface area contributed by atoms with Crippen LogP contribution in [0.15, 0.2) is 42.6 Å². The highest BCUT2D eigenvalue weighted by atomic mass is 14.9. The molecule has 104 valence electrons. The van der Waals surface area contributed by atoms with E-state index in [1.165, 1.54) is 28.8 Å². The number of nitrogens with zero attached hydrogens (tertiary/aromatic N) is 1. The fourth-order valence-corrected chi connectivity index (χ4v) is 3.22. The zero-order valence-corrected chi connectivity index (χ0v) is 12.3. The first-order chi connectivity index (χ1) is 9.79. The van der Waals surface area contributed by atoms with Crippen LogP contribution in [0.4, 0.5) is 0 Å². The van der Waals surface area contributed by atoms with Crippen molar-refractivity contribution in [3.63, 3.8) is 0 Å². The third-order valence-corrected chi connectivity index (χ3v) is 4.38. The van der Waals surface area contributed by atoms with Crippen LogP contribution in [0.5, 0.6) is 0 Å². The number of pyridine rings is 1. The standard InChI is InChI=1S/C18H22N2/c1-3-19-18(12-17-13(2)7-6-10-20-17)16-11-14-8-4-5-9-15(14)16/h4-10,16,18-19H,3,11-12H2,1-2H3. The second-order valence-electron chi connectivity index (χ2n) is 5.64. The third-order valence-electron chi connectivity index (χ3n) is 4.38. The number of nitrogens with one attached hydrogen (secondary N) is 1. The molecule has 0 fully saturated rings. The fraction of sp³-hybridized carbons (Fsp3) is 0.389. The molecule has 0 bridgehead atoms. The molecule has 2 nitrogen and oxygen atoms in total. The average Bonchev–Trinajstić information content (AvgIpc) is 2.43. The number of aromatic nitrogens is 1. The van der Waals surface area contributed by atoms with Crippen molar-refractivity contribution in [2.75, 3.05) is 6.54 Å². The monoisotopic (exact) mass is 266 g/mol. The highest BCUT2D eigenvalue weighted by molar-refractivity contribution is 5.41. The number of hydrogen-bond acceptors (Lipinski definition) is 2. The number of likely N-dealkylation sites (N-methyl/N-ethyl adjacent to an activating group) is 1. The third kappa shape index (κ3) is 2.48. The van der Waals surface area contributed by atoms with Gasteiger partial charge in [0.15, 0.2) is 0 Å². The van der Waals surface area contributed by atoms with E-state index in [-0.39, 0.29) is 0 Å². The maximum Gasteiger partial charge on any atom is 0.0448 e. The van der Waals surface area contributed by atoms with E-state index in [0.29, 0.717) is 12.0 Å². The minimum absolute atomic E-state index is 0.489. The lowest BCUT2D eigenvalue weighted by molar-refractivity contribution is 0.401. The summed E-state index contributed by atoms with van der Waals surface area (Å²) in [7, 11) is 0. The molecule has 0 saturated carbocycles. The molecule has 20 heavy (non-hydrogen) atoms. The molecule has 2 heteroatoms. The van der Waals surface area contributed by atoms with Gasteiger partial charge in [0.05, 0.1) is 0 Å². The molecule has 0 spiro atoms. The Labute approximate surface area is 121 Å². The summed E-state index contributed by atoms with van der Waals surface area (Å²) >= 11 is 0. The molecule has 0 saturated heterocycles. The van der Waals surface area contributed by atoms with Crippen molar-refractivity contribution in [3.8, 4) is 0 Å². The first-order valence-corrected chi connectivity index (χ1v) is 7.51. The number of fused-ring (bicyclic) bond motifs is 1. The molecule has 1 aliphatic rings. The van der Waals surface area contributed by atoms with Crippen molar-refractivity contribution < 1.29 is 0 Å². The van der Waals surface area contributed by atoms with E-state index in [1.54, 1.807) is 0 Å². The van der Waals surface area contributed by atoms with Gasteiger partial charge in [-0.2, -0.15) is 0 Å². The van der Waals surface area contributed by atoms with Gasteiger partial charge in [-0.05, 0) is 42.6 Å². The zero-order valence-electron chi connectivity index (χ0n) is 12.3. The summed E-state index contributed by atoms with van der Waals surface area (Å²) in [5.41, 5.74) is 5.55. The molecule has 2 unspecified atom stereocenters. The lowest BCUT2D eigenvalue weighted by atomic mass is 9.72. The molecule has 1 N–H and O–H groups in total. The van der Waals surface area contributed by atoms with Crippen LogP contribution in [-0.4, -0.2) is 17.6 Å². The Morgan fingerprint density at radius 2 is 2.10 bits per heavy atom. The number of hydrogen-bond donors (Lipinski definition) is 1. The molecule has 1 aromatic carbocycles. The Hall–Kier alpha value is -1.67. The van der Waals surface area contributed by atoms with Gasteiger partial charge in [0.2, 0.25) is 0 Å². The van der Waals surface area contributed by atoms with Crippen molar-refractivity contribution in [3.05, 3.63) is 65.0 Å². The first kappa shape index (κ1) is 13.3. The number of aryl methyl sites for hydroxylation is 1. The summed E-state index contributed by atoms with van der Waals surface area (Å²) in [5, 5.41) is 3.66. The minimum atomic E-state index is 0.489. The van der Waals surface area contributed by atoms with E-state index < -0.39 is 0 Å². The minimum Gasteiger partial charge on any atom is -0.313 e. The largest absolute Gasteiger partial charge is 0.313 e. The Bertz CT molecular complexity index is 591. The molecule has 1 aliphatic carbocycles. The topological polar surface area (TPSA) is 24.9 Å². The molecular weight excluding hydrogens is 244 g/mol. The predicted octanol–water partition coefficient (Wildman–Crippen LogP) is 3.25. The van der Waals surface area contributed by atoms with E-state index in [9.17, 15) is 0 Å². The van der Waals surface area contributed by atoms with Crippen molar-refractivity contribution in [1.29, 1.82) is 0 Å². The second kappa shape index (κ2) is 5.76. The summed E-state index contributed by atoms with van der Waals surface area (Å²) in [5.74, 6) is 0.632. The van der Waals surface area contributed by atoms with Crippen LogP contribution in [0.2, 0.25) is 0 Å². The molecule has 0 aliphatic heterocycles. The highest BCUT2D eigenvalue weighted by Gasteiger charge is 2.32. The van der Waals surface area contributed by atoms with Crippen LogP contribution < -0.4 is 5.32 Å². The van der Waals surface area contributed by atoms with Crippen LogP contribution in [-0.2, 0) is 12.8 Å². The second-order valence-corrected chi connectivity index (χ2v) is 5.64. The Kier molecular flexibility index (Phi) is 3.83. The Morgan fingerprint density at radius 1 is 1.25 bits per heavy atom. The van der Waals surface area contributed by atoms with E-state index in [2.05, 4.69) is 54.5 Å². The predicted molar refractivity (Wildman–Crippen MR) is 83.0 cm³/mol. The lowest BCUT2D eigenvalue weighted by Gasteiger charge is -2.37. The number of rotatable bonds is 5. The summed E-state index contributed by atoms with van der Waals surface area (Å²) in [6, 6.07) is 13.5. The molecule has 0 amide bonds. The van der Waals surface area contributed by atoms with Gasteiger partial charge < -0.3 is 5.32 Å². The van der Waals surface area contributed by atoms with Crippen LogP contribution in [0.25, 0.3) is 0 Å². The van der Waals surface area contributed by atoms with Crippen molar-refractivity contribution in [2.45, 2.75) is 38.6 Å². The smallest absolute Gasteiger partial charge is 0.0448 e. The van der Waals surface area contributed by atoms with Crippen molar-refractivity contribution in [2.24, 2.45) is 0 Å². The van der Waals surface area contributed by atoms with E-state index in [4.69, 9.17) is 0 Å². The SMILES string of the molecule is CCNC(Cc1ncccc1C)C1Cc2ccccc21. The molecule has 1 heterocycles. The number of benzene rings is 1. The van der Waals surface area contributed by atoms with E-state index >= 15 is 0 Å². The highest BCUT2D eigenvalue weighted by Crippen LogP contribution is 2.38. The molecule has 0 radical (unpaired) electrons. The average molecular weight is 266 g/mol. The fourth-order valence-electron chi connectivity index (χ4n) is 3.22. The summed E-state index contributed by atoms with van der Waals surface area (Å²) in [6.07, 6.45) is 4.11. The zero-order chi connectivity index (χ0) is 13.9. The summed E-state index contributed by atoms with van der Waals surface area (Å²) in [6.45, 7) is 5.35. The van der Waals surface area contributed by atoms with Crippen LogP contribution in [0, 0.1) is 6.92 Å². The van der Waals surface area contributed by atoms with Gasteiger partial charge in [0.25, 0.3) is 0 Å². The maximum absolute atomic E-state index is 4.56. The molecule has 2 aromatic rings. The van der Waals surface area contributed by atoms with Gasteiger partial charge in [-0.25, -0.2) is 0 Å². The van der Waals surface area contributed by atoms with Crippen LogP contribution in [0.1, 0.15) is 35.2 Å². The van der Waals surface area contributed by atoms with E-state index in [1.807, 2.05) is 12.3 Å².